The number of benzene rings is 2. The first-order valence-corrected chi connectivity index (χ1v) is 7.16. The average Bonchev–Trinajstić information content (AvgIpc) is 2.45. The molecule has 1 amide bonds. The first kappa shape index (κ1) is 12.4. The number of carbonyl (C=O) groups is 1. The van der Waals surface area contributed by atoms with Gasteiger partial charge in [-0.1, -0.05) is 30.0 Å². The summed E-state index contributed by atoms with van der Waals surface area (Å²) in [5.41, 5.74) is 2.72. The molecule has 3 nitrogen and oxygen atoms in total. The van der Waals surface area contributed by atoms with Gasteiger partial charge in [0.25, 0.3) is 0 Å². The molecule has 2 aromatic carbocycles. The van der Waals surface area contributed by atoms with Gasteiger partial charge in [0.2, 0.25) is 5.91 Å². The molecule has 96 valence electrons. The standard InChI is InChI=1S/C14H11ClN2OS/c15-8-13(18)16-10-5-3-7-12-14(10)17-9-4-1-2-6-11(9)19-12/h1-7,17H,8H2,(H,16,18). The lowest BCUT2D eigenvalue weighted by Gasteiger charge is -2.23. The molecule has 1 heterocycles. The Hall–Kier alpha value is -1.65. The van der Waals surface area contributed by atoms with Crippen LogP contribution in [0.2, 0.25) is 0 Å². The Morgan fingerprint density at radius 2 is 1.95 bits per heavy atom. The molecule has 0 aliphatic carbocycles. The van der Waals surface area contributed by atoms with E-state index >= 15 is 0 Å². The molecule has 2 N–H and O–H groups in total. The zero-order valence-corrected chi connectivity index (χ0v) is 11.5. The summed E-state index contributed by atoms with van der Waals surface area (Å²) in [6.45, 7) is 0. The first-order valence-electron chi connectivity index (χ1n) is 5.80. The van der Waals surface area contributed by atoms with Crippen molar-refractivity contribution in [2.24, 2.45) is 0 Å². The number of anilines is 3. The van der Waals surface area contributed by atoms with Gasteiger partial charge >= 0.3 is 0 Å². The molecule has 19 heavy (non-hydrogen) atoms. The summed E-state index contributed by atoms with van der Waals surface area (Å²) >= 11 is 7.21. The lowest BCUT2D eigenvalue weighted by Crippen LogP contribution is -2.14. The van der Waals surface area contributed by atoms with E-state index in [0.29, 0.717) is 0 Å². The Kier molecular flexibility index (Phi) is 3.36. The van der Waals surface area contributed by atoms with E-state index < -0.39 is 0 Å². The zero-order chi connectivity index (χ0) is 13.2. The zero-order valence-electron chi connectivity index (χ0n) is 9.94. The van der Waals surface area contributed by atoms with Crippen LogP contribution < -0.4 is 10.6 Å². The van der Waals surface area contributed by atoms with Crippen molar-refractivity contribution in [3.05, 3.63) is 42.5 Å². The summed E-state index contributed by atoms with van der Waals surface area (Å²) in [5, 5.41) is 6.16. The third-order valence-corrected chi connectivity index (χ3v) is 4.17. The van der Waals surface area contributed by atoms with Crippen molar-refractivity contribution in [3.8, 4) is 0 Å². The fourth-order valence-electron chi connectivity index (χ4n) is 1.94. The van der Waals surface area contributed by atoms with Gasteiger partial charge < -0.3 is 10.6 Å². The van der Waals surface area contributed by atoms with E-state index in [-0.39, 0.29) is 11.8 Å². The molecule has 3 rings (SSSR count). The second-order valence-corrected chi connectivity index (χ2v) is 5.43. The predicted molar refractivity (Wildman–Crippen MR) is 79.6 cm³/mol. The third-order valence-electron chi connectivity index (χ3n) is 2.79. The fourth-order valence-corrected chi connectivity index (χ4v) is 3.03. The van der Waals surface area contributed by atoms with Crippen molar-refractivity contribution < 1.29 is 4.79 Å². The predicted octanol–water partition coefficient (Wildman–Crippen LogP) is 4.07. The SMILES string of the molecule is O=C(CCl)Nc1cccc2c1Nc1ccccc1S2. The number of nitrogens with one attached hydrogen (secondary N) is 2. The summed E-state index contributed by atoms with van der Waals surface area (Å²) in [4.78, 5) is 13.7. The van der Waals surface area contributed by atoms with Crippen LogP contribution >= 0.6 is 23.4 Å². The van der Waals surface area contributed by atoms with Gasteiger partial charge in [-0.15, -0.1) is 11.6 Å². The smallest absolute Gasteiger partial charge is 0.239 e. The van der Waals surface area contributed by atoms with E-state index in [9.17, 15) is 4.79 Å². The van der Waals surface area contributed by atoms with Crippen molar-refractivity contribution in [1.29, 1.82) is 0 Å². The Morgan fingerprint density at radius 1 is 1.16 bits per heavy atom. The maximum atomic E-state index is 11.4. The summed E-state index contributed by atoms with van der Waals surface area (Å²) in [5.74, 6) is -0.256. The maximum absolute atomic E-state index is 11.4. The molecule has 0 saturated carbocycles. The summed E-state index contributed by atoms with van der Waals surface area (Å²) in [7, 11) is 0. The van der Waals surface area contributed by atoms with Crippen LogP contribution in [-0.2, 0) is 4.79 Å². The second-order valence-electron chi connectivity index (χ2n) is 4.08. The second kappa shape index (κ2) is 5.15. The fraction of sp³-hybridized carbons (Fsp3) is 0.0714. The lowest BCUT2D eigenvalue weighted by molar-refractivity contribution is -0.113. The molecule has 0 unspecified atom stereocenters. The molecular formula is C14H11ClN2OS. The highest BCUT2D eigenvalue weighted by molar-refractivity contribution is 7.99. The summed E-state index contributed by atoms with van der Waals surface area (Å²) in [6, 6.07) is 13.9. The normalized spacial score (nSPS) is 12.1. The number of amides is 1. The Balaban J connectivity index is 1.99. The van der Waals surface area contributed by atoms with Gasteiger partial charge in [-0.25, -0.2) is 0 Å². The number of para-hydroxylation sites is 2. The molecule has 0 radical (unpaired) electrons. The monoisotopic (exact) mass is 290 g/mol. The van der Waals surface area contributed by atoms with Crippen molar-refractivity contribution in [2.75, 3.05) is 16.5 Å². The van der Waals surface area contributed by atoms with Gasteiger partial charge in [0, 0.05) is 9.79 Å². The molecule has 0 aromatic heterocycles. The van der Waals surface area contributed by atoms with Crippen molar-refractivity contribution in [1.82, 2.24) is 0 Å². The van der Waals surface area contributed by atoms with Crippen molar-refractivity contribution in [3.63, 3.8) is 0 Å². The number of rotatable bonds is 2. The van der Waals surface area contributed by atoms with Gasteiger partial charge in [0.1, 0.15) is 5.88 Å². The summed E-state index contributed by atoms with van der Waals surface area (Å²) < 4.78 is 0. The van der Waals surface area contributed by atoms with Crippen LogP contribution in [0.1, 0.15) is 0 Å². The number of hydrogen-bond donors (Lipinski definition) is 2. The van der Waals surface area contributed by atoms with Crippen molar-refractivity contribution in [2.45, 2.75) is 9.79 Å². The molecule has 1 aliphatic rings. The number of hydrogen-bond acceptors (Lipinski definition) is 3. The van der Waals surface area contributed by atoms with Crippen LogP contribution in [0.25, 0.3) is 0 Å². The van der Waals surface area contributed by atoms with Gasteiger partial charge in [-0.2, -0.15) is 0 Å². The Labute approximate surface area is 120 Å². The summed E-state index contributed by atoms with van der Waals surface area (Å²) in [6.07, 6.45) is 0. The van der Waals surface area contributed by atoms with E-state index in [0.717, 1.165) is 22.0 Å². The molecular weight excluding hydrogens is 280 g/mol. The quantitative estimate of drug-likeness (QED) is 0.699. The number of halogens is 1. The van der Waals surface area contributed by atoms with Crippen LogP contribution in [0.5, 0.6) is 0 Å². The number of alkyl halides is 1. The highest BCUT2D eigenvalue weighted by atomic mass is 35.5. The minimum absolute atomic E-state index is 0.0482. The topological polar surface area (TPSA) is 41.1 Å². The molecule has 2 aromatic rings. The Morgan fingerprint density at radius 3 is 2.79 bits per heavy atom. The van der Waals surface area contributed by atoms with E-state index in [4.69, 9.17) is 11.6 Å². The van der Waals surface area contributed by atoms with Crippen LogP contribution in [0, 0.1) is 0 Å². The van der Waals surface area contributed by atoms with Crippen LogP contribution in [0.3, 0.4) is 0 Å². The van der Waals surface area contributed by atoms with Gasteiger partial charge in [0.05, 0.1) is 17.1 Å². The number of carbonyl (C=O) groups excluding carboxylic acids is 1. The van der Waals surface area contributed by atoms with Crippen LogP contribution in [0.4, 0.5) is 17.1 Å². The average molecular weight is 291 g/mol. The molecule has 0 atom stereocenters. The largest absolute Gasteiger partial charge is 0.352 e. The van der Waals surface area contributed by atoms with E-state index in [1.165, 1.54) is 4.90 Å². The highest BCUT2D eigenvalue weighted by Crippen LogP contribution is 2.46. The van der Waals surface area contributed by atoms with Gasteiger partial charge in [-0.3, -0.25) is 4.79 Å². The molecule has 5 heteroatoms. The van der Waals surface area contributed by atoms with Gasteiger partial charge in [0.15, 0.2) is 0 Å². The molecule has 0 fully saturated rings. The van der Waals surface area contributed by atoms with Gasteiger partial charge in [-0.05, 0) is 24.3 Å². The minimum atomic E-state index is -0.208. The van der Waals surface area contributed by atoms with Crippen molar-refractivity contribution >= 4 is 46.3 Å². The minimum Gasteiger partial charge on any atom is -0.352 e. The molecule has 0 bridgehead atoms. The third kappa shape index (κ3) is 2.41. The van der Waals surface area contributed by atoms with E-state index in [1.54, 1.807) is 11.8 Å². The first-order chi connectivity index (χ1) is 9.28. The van der Waals surface area contributed by atoms with Crippen LogP contribution in [0.15, 0.2) is 52.3 Å². The number of fused-ring (bicyclic) bond motifs is 2. The van der Waals surface area contributed by atoms with E-state index in [2.05, 4.69) is 16.7 Å². The van der Waals surface area contributed by atoms with Crippen LogP contribution in [-0.4, -0.2) is 11.8 Å². The molecule has 0 spiro atoms. The molecule has 0 saturated heterocycles. The Bertz CT molecular complexity index is 645. The maximum Gasteiger partial charge on any atom is 0.239 e. The highest BCUT2D eigenvalue weighted by Gasteiger charge is 2.18. The molecule has 1 aliphatic heterocycles. The lowest BCUT2D eigenvalue weighted by atomic mass is 10.2. The van der Waals surface area contributed by atoms with E-state index in [1.807, 2.05) is 36.4 Å².